The fourth-order valence-electron chi connectivity index (χ4n) is 10.1. The van der Waals surface area contributed by atoms with E-state index in [0.29, 0.717) is 110 Å². The molecule has 9 atom stereocenters. The smallest absolute Gasteiger partial charge is 0.309 e. The Bertz CT molecular complexity index is 1810. The Morgan fingerprint density at radius 1 is 0.711 bits per heavy atom. The van der Waals surface area contributed by atoms with Crippen LogP contribution in [0.25, 0.3) is 0 Å². The summed E-state index contributed by atoms with van der Waals surface area (Å²) in [5, 5.41) is 0. The lowest BCUT2D eigenvalue weighted by atomic mass is 9.83. The van der Waals surface area contributed by atoms with Crippen molar-refractivity contribution >= 4 is 46.6 Å². The molecule has 3 amide bonds. The maximum absolute atomic E-state index is 14.7. The second-order valence-corrected chi connectivity index (χ2v) is 21.1. The van der Waals surface area contributed by atoms with Crippen LogP contribution in [0.5, 0.6) is 0 Å². The van der Waals surface area contributed by atoms with Crippen LogP contribution in [-0.2, 0) is 73.0 Å². The Kier molecular flexibility index (Phi) is 35.2. The summed E-state index contributed by atoms with van der Waals surface area (Å²) in [6, 6.07) is 8.28. The largest absolute Gasteiger partial charge is 0.469 e. The summed E-state index contributed by atoms with van der Waals surface area (Å²) in [5.74, 6) is -2.96. The number of hydrogen-bond acceptors (Lipinski definition) is 16. The second-order valence-electron chi connectivity index (χ2n) is 20.6. The molecule has 0 radical (unpaired) electrons. The van der Waals surface area contributed by atoms with E-state index in [4.69, 9.17) is 60.6 Å². The fraction of sp³-hybridized carbons (Fsp3) is 0.789. The lowest BCUT2D eigenvalue weighted by Gasteiger charge is -2.41. The average molecular weight is 1100 g/mol. The maximum Gasteiger partial charge on any atom is 0.309 e. The highest BCUT2D eigenvalue weighted by Crippen LogP contribution is 2.32. The number of ether oxygens (including phenoxy) is 9. The van der Waals surface area contributed by atoms with Gasteiger partial charge in [0.05, 0.1) is 135 Å². The summed E-state index contributed by atoms with van der Waals surface area (Å²) in [4.78, 5) is 75.7. The number of nitrogens with zero attached hydrogens (tertiary/aromatic N) is 3. The van der Waals surface area contributed by atoms with Gasteiger partial charge in [-0.2, -0.15) is 0 Å². The summed E-state index contributed by atoms with van der Waals surface area (Å²) in [6.45, 7) is 19.7. The highest BCUT2D eigenvalue weighted by molar-refractivity contribution is 7.80. The molecule has 19 heteroatoms. The van der Waals surface area contributed by atoms with Crippen molar-refractivity contribution in [1.82, 2.24) is 14.7 Å². The van der Waals surface area contributed by atoms with Crippen molar-refractivity contribution in [3.8, 4) is 0 Å². The van der Waals surface area contributed by atoms with Crippen LogP contribution in [0, 0.1) is 35.5 Å². The van der Waals surface area contributed by atoms with E-state index in [0.717, 1.165) is 18.4 Å². The number of carbonyl (C=O) groups is 5. The van der Waals surface area contributed by atoms with E-state index >= 15 is 0 Å². The molecule has 1 fully saturated rings. The number of amides is 3. The number of likely N-dealkylation sites (N-methyl/N-ethyl adjacent to an activating group) is 2. The Hall–Kier alpha value is -3.50. The van der Waals surface area contributed by atoms with Crippen LogP contribution in [0.4, 0.5) is 0 Å². The van der Waals surface area contributed by atoms with Crippen molar-refractivity contribution < 1.29 is 66.6 Å². The number of carbonyl (C=O) groups excluding carboxylic acids is 5. The summed E-state index contributed by atoms with van der Waals surface area (Å²) in [6.07, 6.45) is 2.02. The van der Waals surface area contributed by atoms with Crippen molar-refractivity contribution in [3.05, 3.63) is 35.9 Å². The van der Waals surface area contributed by atoms with Crippen molar-refractivity contribution in [2.24, 2.45) is 41.2 Å². The molecular weight excluding hydrogens is 997 g/mol. The Morgan fingerprint density at radius 3 is 1.72 bits per heavy atom. The number of ketones is 1. The fourth-order valence-corrected chi connectivity index (χ4v) is 10.4. The van der Waals surface area contributed by atoms with E-state index in [1.165, 1.54) is 12.0 Å². The number of Topliss-reactive ketones (excluding diaryl/α,β-unsaturated/α-hetero) is 1. The molecule has 2 N–H and O–H groups in total. The van der Waals surface area contributed by atoms with Gasteiger partial charge in [-0.3, -0.25) is 24.0 Å². The molecule has 0 saturated carbocycles. The first-order valence-electron chi connectivity index (χ1n) is 27.6. The molecule has 1 aromatic rings. The van der Waals surface area contributed by atoms with Crippen LogP contribution < -0.4 is 5.73 Å². The SMILES string of the molecule is CC[C@H](C)[C@@H]([C@@H](CC(=O)N1CCC[C@H]1[C@H](OC)[C@@H](C)C(=S)C[C@@H](Cc1ccccc1)C(=O)OC)OC)N(C)C(=O)[C@@H](CC(=O)[C@H](C(C)C)N(C)C(=O)CCOCCOCCOCCOCCOCCOCCN)C(C)C. The third-order valence-electron chi connectivity index (χ3n) is 14.6. The average Bonchev–Trinajstić information content (AvgIpc) is 3.89. The molecular formula is C57H98N4O14S. The predicted molar refractivity (Wildman–Crippen MR) is 297 cm³/mol. The van der Waals surface area contributed by atoms with Gasteiger partial charge >= 0.3 is 5.97 Å². The molecule has 18 nitrogen and oxygen atoms in total. The van der Waals surface area contributed by atoms with E-state index in [9.17, 15) is 24.0 Å². The van der Waals surface area contributed by atoms with Crippen LogP contribution in [0.1, 0.15) is 99.0 Å². The van der Waals surface area contributed by atoms with Gasteiger partial charge in [0.15, 0.2) is 5.78 Å². The lowest BCUT2D eigenvalue weighted by molar-refractivity contribution is -0.149. The number of nitrogens with two attached hydrogens (primary N) is 1. The standard InChI is InChI=1S/C57H98N4O14S/c1-13-42(6)54(49(67-10)39-52(64)61-23-17-20-47(61)55(68-11)43(7)50(76)37-45(57(66)69-12)36-44-18-15-14-16-19-44)60(9)56(65)46(40(2)3)38-48(62)53(41(4)5)59(8)51(63)21-24-70-26-28-72-30-32-74-34-35-75-33-31-73-29-27-71-25-22-58/h14-16,18-19,40-43,45-47,49,53-55H,13,17,20-39,58H2,1-12H3/t42-,43-,45+,46-,47-,49+,53-,54-,55+/m0/s1. The zero-order chi connectivity index (χ0) is 56.6. The number of esters is 1. The normalized spacial score (nSPS) is 16.9. The van der Waals surface area contributed by atoms with Gasteiger partial charge in [-0.25, -0.2) is 0 Å². The van der Waals surface area contributed by atoms with Gasteiger partial charge in [-0.15, -0.1) is 0 Å². The Labute approximate surface area is 461 Å². The van der Waals surface area contributed by atoms with Gasteiger partial charge in [0.25, 0.3) is 0 Å². The third-order valence-corrected chi connectivity index (χ3v) is 15.1. The van der Waals surface area contributed by atoms with E-state index < -0.39 is 36.1 Å². The molecule has 0 spiro atoms. The molecule has 1 saturated heterocycles. The van der Waals surface area contributed by atoms with E-state index in [2.05, 4.69) is 0 Å². The molecule has 0 bridgehead atoms. The number of rotatable bonds is 43. The quantitative estimate of drug-likeness (QED) is 0.0462. The zero-order valence-corrected chi connectivity index (χ0v) is 49.2. The van der Waals surface area contributed by atoms with Gasteiger partial charge < -0.3 is 63.1 Å². The van der Waals surface area contributed by atoms with E-state index in [-0.39, 0.29) is 85.1 Å². The molecule has 1 aromatic carbocycles. The summed E-state index contributed by atoms with van der Waals surface area (Å²) >= 11 is 6.01. The first-order chi connectivity index (χ1) is 36.4. The number of benzene rings is 1. The molecule has 1 heterocycles. The van der Waals surface area contributed by atoms with Crippen molar-refractivity contribution in [2.45, 2.75) is 130 Å². The second kappa shape index (κ2) is 39.0. The molecule has 1 aliphatic rings. The highest BCUT2D eigenvalue weighted by Gasteiger charge is 2.43. The van der Waals surface area contributed by atoms with Gasteiger partial charge in [-0.05, 0) is 53.9 Å². The van der Waals surface area contributed by atoms with Crippen LogP contribution in [0.15, 0.2) is 30.3 Å². The van der Waals surface area contributed by atoms with Gasteiger partial charge in [0.2, 0.25) is 17.7 Å². The molecule has 0 unspecified atom stereocenters. The van der Waals surface area contributed by atoms with E-state index in [1.807, 2.05) is 83.7 Å². The molecule has 1 aliphatic heterocycles. The van der Waals surface area contributed by atoms with Crippen LogP contribution in [0.3, 0.4) is 0 Å². The van der Waals surface area contributed by atoms with Crippen molar-refractivity contribution in [1.29, 1.82) is 0 Å². The number of hydrogen-bond donors (Lipinski definition) is 1. The summed E-state index contributed by atoms with van der Waals surface area (Å²) in [5.41, 5.74) is 6.39. The maximum atomic E-state index is 14.7. The zero-order valence-electron chi connectivity index (χ0n) is 48.3. The van der Waals surface area contributed by atoms with Crippen LogP contribution in [0.2, 0.25) is 0 Å². The highest BCUT2D eigenvalue weighted by atomic mass is 32.1. The topological polar surface area (TPSA) is 204 Å². The number of methoxy groups -OCH3 is 3. The molecule has 76 heavy (non-hydrogen) atoms. The van der Waals surface area contributed by atoms with Gasteiger partial charge in [0, 0.05) is 59.7 Å². The summed E-state index contributed by atoms with van der Waals surface area (Å²) in [7, 11) is 7.97. The Balaban J connectivity index is 2.00. The summed E-state index contributed by atoms with van der Waals surface area (Å²) < 4.78 is 50.4. The predicted octanol–water partition coefficient (Wildman–Crippen LogP) is 5.86. The molecule has 436 valence electrons. The molecule has 0 aliphatic carbocycles. The number of thiocarbonyl (C=S) groups is 1. The monoisotopic (exact) mass is 1090 g/mol. The minimum atomic E-state index is -0.750. The molecule has 2 rings (SSSR count). The van der Waals surface area contributed by atoms with E-state index in [1.54, 1.807) is 33.2 Å². The minimum absolute atomic E-state index is 0.0258. The van der Waals surface area contributed by atoms with Crippen LogP contribution in [-0.4, -0.2) is 207 Å². The third kappa shape index (κ3) is 23.8. The van der Waals surface area contributed by atoms with Crippen molar-refractivity contribution in [3.63, 3.8) is 0 Å². The number of likely N-dealkylation sites (tertiary alicyclic amines) is 1. The molecule has 0 aromatic heterocycles. The lowest BCUT2D eigenvalue weighted by Crippen LogP contribution is -2.54. The first kappa shape index (κ1) is 68.6. The van der Waals surface area contributed by atoms with Gasteiger partial charge in [0.1, 0.15) is 0 Å². The van der Waals surface area contributed by atoms with Gasteiger partial charge in [-0.1, -0.05) is 97.4 Å². The van der Waals surface area contributed by atoms with Crippen molar-refractivity contribution in [2.75, 3.05) is 128 Å². The van der Waals surface area contributed by atoms with Crippen LogP contribution >= 0.6 is 12.2 Å². The Morgan fingerprint density at radius 2 is 1.25 bits per heavy atom. The minimum Gasteiger partial charge on any atom is -0.469 e. The first-order valence-corrected chi connectivity index (χ1v) is 28.0.